The quantitative estimate of drug-likeness (QED) is 0.452. The molecule has 10 nitrogen and oxygen atoms in total. The van der Waals surface area contributed by atoms with Crippen LogP contribution in [0.2, 0.25) is 0 Å². The molecule has 10 heteroatoms. The number of methoxy groups -OCH3 is 2. The fraction of sp³-hybridized carbons (Fsp3) is 0.423. The van der Waals surface area contributed by atoms with Crippen LogP contribution in [0, 0.1) is 0 Å². The molecule has 190 valence electrons. The molecule has 0 spiro atoms. The summed E-state index contributed by atoms with van der Waals surface area (Å²) in [6.07, 6.45) is 5.90. The third-order valence-electron chi connectivity index (χ3n) is 6.15. The number of hydrogen-bond donors (Lipinski definition) is 1. The van der Waals surface area contributed by atoms with Crippen LogP contribution in [0.25, 0.3) is 17.1 Å². The molecule has 36 heavy (non-hydrogen) atoms. The summed E-state index contributed by atoms with van der Waals surface area (Å²) in [5.74, 6) is 1.02. The second-order valence-electron chi connectivity index (χ2n) is 8.82. The Labute approximate surface area is 209 Å². The molecule has 2 aromatic heterocycles. The van der Waals surface area contributed by atoms with Crippen LogP contribution in [0.15, 0.2) is 44.2 Å². The SMILES string of the molecule is C/C=C(/Cc1nnc(-c2c(O)nc(C3CCCC3)n(-c3c(OC)cccc3OC)c2=O)o1)N=C(C)C. The van der Waals surface area contributed by atoms with Crippen molar-refractivity contribution >= 4 is 5.71 Å². The van der Waals surface area contributed by atoms with Crippen LogP contribution < -0.4 is 15.0 Å². The van der Waals surface area contributed by atoms with Crippen LogP contribution in [0.1, 0.15) is 64.1 Å². The van der Waals surface area contributed by atoms with Crippen LogP contribution >= 0.6 is 0 Å². The summed E-state index contributed by atoms with van der Waals surface area (Å²) in [5, 5.41) is 19.0. The minimum Gasteiger partial charge on any atom is -0.494 e. The molecule has 0 atom stereocenters. The Balaban J connectivity index is 1.91. The topological polar surface area (TPSA) is 125 Å². The Morgan fingerprint density at radius 2 is 1.86 bits per heavy atom. The maximum atomic E-state index is 14.0. The zero-order chi connectivity index (χ0) is 25.8. The average Bonchev–Trinajstić information content (AvgIpc) is 3.55. The molecule has 1 aliphatic carbocycles. The van der Waals surface area contributed by atoms with Crippen molar-refractivity contribution in [2.24, 2.45) is 4.99 Å². The molecule has 0 amide bonds. The number of aliphatic imine (C=N–C) groups is 1. The molecule has 4 rings (SSSR count). The molecule has 0 bridgehead atoms. The number of aromatic nitrogens is 4. The highest BCUT2D eigenvalue weighted by molar-refractivity contribution is 5.80. The number of hydrogen-bond acceptors (Lipinski definition) is 9. The van der Waals surface area contributed by atoms with E-state index in [1.54, 1.807) is 18.2 Å². The summed E-state index contributed by atoms with van der Waals surface area (Å²) < 4.78 is 18.4. The van der Waals surface area contributed by atoms with Crippen molar-refractivity contribution in [3.05, 3.63) is 52.0 Å². The van der Waals surface area contributed by atoms with E-state index in [1.807, 2.05) is 26.8 Å². The van der Waals surface area contributed by atoms with E-state index in [2.05, 4.69) is 20.2 Å². The number of para-hydroxylation sites is 1. The number of allylic oxidation sites excluding steroid dienone is 2. The smallest absolute Gasteiger partial charge is 0.275 e. The van der Waals surface area contributed by atoms with Gasteiger partial charge in [0.1, 0.15) is 23.0 Å². The van der Waals surface area contributed by atoms with E-state index in [-0.39, 0.29) is 29.7 Å². The number of benzene rings is 1. The Bertz CT molecular complexity index is 1340. The van der Waals surface area contributed by atoms with Crippen LogP contribution in [-0.4, -0.2) is 44.8 Å². The van der Waals surface area contributed by atoms with Crippen molar-refractivity contribution in [1.29, 1.82) is 0 Å². The molecule has 1 fully saturated rings. The molecule has 1 saturated carbocycles. The van der Waals surface area contributed by atoms with Crippen molar-refractivity contribution in [1.82, 2.24) is 19.7 Å². The van der Waals surface area contributed by atoms with Crippen molar-refractivity contribution in [3.8, 4) is 34.5 Å². The number of rotatable bonds is 8. The zero-order valence-corrected chi connectivity index (χ0v) is 21.2. The third kappa shape index (κ3) is 4.89. The van der Waals surface area contributed by atoms with Crippen LogP contribution in [0.3, 0.4) is 0 Å². The minimum absolute atomic E-state index is 0.00194. The molecule has 1 aliphatic rings. The number of nitrogens with zero attached hydrogens (tertiary/aromatic N) is 5. The van der Waals surface area contributed by atoms with E-state index < -0.39 is 11.4 Å². The first-order valence-corrected chi connectivity index (χ1v) is 11.9. The Hall–Kier alpha value is -3.95. The van der Waals surface area contributed by atoms with Gasteiger partial charge in [0.2, 0.25) is 11.8 Å². The maximum Gasteiger partial charge on any atom is 0.275 e. The molecule has 0 saturated heterocycles. The van der Waals surface area contributed by atoms with Crippen LogP contribution in [0.5, 0.6) is 17.4 Å². The van der Waals surface area contributed by atoms with Gasteiger partial charge in [-0.2, -0.15) is 4.98 Å². The predicted molar refractivity (Wildman–Crippen MR) is 135 cm³/mol. The molecule has 1 N–H and O–H groups in total. The van der Waals surface area contributed by atoms with Gasteiger partial charge in [0.05, 0.1) is 20.6 Å². The summed E-state index contributed by atoms with van der Waals surface area (Å²) >= 11 is 0. The van der Waals surface area contributed by atoms with Gasteiger partial charge in [0.15, 0.2) is 5.56 Å². The third-order valence-corrected chi connectivity index (χ3v) is 6.15. The van der Waals surface area contributed by atoms with E-state index in [4.69, 9.17) is 13.9 Å². The Kier molecular flexibility index (Phi) is 7.52. The van der Waals surface area contributed by atoms with E-state index in [1.165, 1.54) is 18.8 Å². The first kappa shape index (κ1) is 25.2. The molecular weight excluding hydrogens is 462 g/mol. The zero-order valence-electron chi connectivity index (χ0n) is 21.2. The van der Waals surface area contributed by atoms with Crippen molar-refractivity contribution < 1.29 is 19.0 Å². The minimum atomic E-state index is -0.545. The fourth-order valence-electron chi connectivity index (χ4n) is 4.51. The molecule has 2 heterocycles. The summed E-state index contributed by atoms with van der Waals surface area (Å²) in [5.41, 5.74) is 1.32. The van der Waals surface area contributed by atoms with Crippen LogP contribution in [-0.2, 0) is 6.42 Å². The van der Waals surface area contributed by atoms with Gasteiger partial charge in [-0.15, -0.1) is 10.2 Å². The van der Waals surface area contributed by atoms with E-state index in [9.17, 15) is 9.90 Å². The second-order valence-corrected chi connectivity index (χ2v) is 8.82. The lowest BCUT2D eigenvalue weighted by Gasteiger charge is -2.21. The average molecular weight is 494 g/mol. The van der Waals surface area contributed by atoms with Gasteiger partial charge in [-0.05, 0) is 45.7 Å². The number of aromatic hydroxyl groups is 1. The highest BCUT2D eigenvalue weighted by atomic mass is 16.5. The molecule has 1 aromatic carbocycles. The van der Waals surface area contributed by atoms with Gasteiger partial charge in [-0.3, -0.25) is 14.4 Å². The lowest BCUT2D eigenvalue weighted by atomic mass is 10.1. The highest BCUT2D eigenvalue weighted by Crippen LogP contribution is 2.39. The fourth-order valence-corrected chi connectivity index (χ4v) is 4.51. The first-order valence-electron chi connectivity index (χ1n) is 11.9. The lowest BCUT2D eigenvalue weighted by Crippen LogP contribution is -2.27. The molecular formula is C26H31N5O5. The summed E-state index contributed by atoms with van der Waals surface area (Å²) in [6, 6.07) is 5.27. The van der Waals surface area contributed by atoms with Gasteiger partial charge in [-0.25, -0.2) is 0 Å². The molecule has 0 radical (unpaired) electrons. The van der Waals surface area contributed by atoms with E-state index in [0.717, 1.165) is 37.1 Å². The monoisotopic (exact) mass is 493 g/mol. The largest absolute Gasteiger partial charge is 0.494 e. The Morgan fingerprint density at radius 3 is 2.44 bits per heavy atom. The number of ether oxygens (including phenoxy) is 2. The standard InChI is InChI=1S/C26H31N5O5/c1-6-17(27-15(2)3)14-20-29-30-25(36-20)21-24(32)28-23(16-10-7-8-11-16)31(26(21)33)22-18(34-4)12-9-13-19(22)35-5/h6,9,12-13,16,32H,7-8,10-11,14H2,1-5H3/b17-6-. The highest BCUT2D eigenvalue weighted by Gasteiger charge is 2.31. The molecule has 0 unspecified atom stereocenters. The van der Waals surface area contributed by atoms with E-state index >= 15 is 0 Å². The summed E-state index contributed by atoms with van der Waals surface area (Å²) in [4.78, 5) is 23.0. The molecule has 3 aromatic rings. The van der Waals surface area contributed by atoms with Gasteiger partial charge in [0, 0.05) is 17.3 Å². The summed E-state index contributed by atoms with van der Waals surface area (Å²) in [6.45, 7) is 5.66. The van der Waals surface area contributed by atoms with Gasteiger partial charge >= 0.3 is 0 Å². The van der Waals surface area contributed by atoms with Gasteiger partial charge < -0.3 is 19.0 Å². The lowest BCUT2D eigenvalue weighted by molar-refractivity contribution is 0.387. The molecule has 0 aliphatic heterocycles. The summed E-state index contributed by atoms with van der Waals surface area (Å²) in [7, 11) is 3.05. The van der Waals surface area contributed by atoms with Gasteiger partial charge in [0.25, 0.3) is 11.4 Å². The maximum absolute atomic E-state index is 14.0. The second kappa shape index (κ2) is 10.8. The van der Waals surface area contributed by atoms with Crippen molar-refractivity contribution in [3.63, 3.8) is 0 Å². The normalized spacial score (nSPS) is 14.2. The Morgan fingerprint density at radius 1 is 1.19 bits per heavy atom. The predicted octanol–water partition coefficient (Wildman–Crippen LogP) is 4.59. The van der Waals surface area contributed by atoms with Gasteiger partial charge in [-0.1, -0.05) is 25.0 Å². The van der Waals surface area contributed by atoms with Crippen molar-refractivity contribution in [2.75, 3.05) is 14.2 Å². The van der Waals surface area contributed by atoms with Crippen LogP contribution in [0.4, 0.5) is 0 Å². The van der Waals surface area contributed by atoms with Crippen molar-refractivity contribution in [2.45, 2.75) is 58.8 Å². The first-order chi connectivity index (χ1) is 17.4. The van der Waals surface area contributed by atoms with E-state index in [0.29, 0.717) is 23.0 Å².